The molecule has 0 unspecified atom stereocenters. The highest BCUT2D eigenvalue weighted by molar-refractivity contribution is 14.1. The largest absolute Gasteiger partial charge is 0.322 e. The van der Waals surface area contributed by atoms with Gasteiger partial charge in [0.15, 0.2) is 17.5 Å². The SMILES string of the molecule is O=C(Nc1cc(F)c(F)c(F)c1)c1ccc(I)c(SC2CCCC2)c1. The summed E-state index contributed by atoms with van der Waals surface area (Å²) >= 11 is 3.99. The zero-order valence-electron chi connectivity index (χ0n) is 13.1. The average Bonchev–Trinajstić information content (AvgIpc) is 3.07. The molecular formula is C18H15F3INOS. The van der Waals surface area contributed by atoms with E-state index in [0.29, 0.717) is 10.8 Å². The highest BCUT2D eigenvalue weighted by atomic mass is 127. The smallest absolute Gasteiger partial charge is 0.255 e. The minimum atomic E-state index is -1.55. The lowest BCUT2D eigenvalue weighted by molar-refractivity contribution is 0.102. The second kappa shape index (κ2) is 7.99. The molecule has 1 amide bonds. The third kappa shape index (κ3) is 4.49. The molecule has 25 heavy (non-hydrogen) atoms. The van der Waals surface area contributed by atoms with Crippen molar-refractivity contribution in [2.24, 2.45) is 0 Å². The molecule has 0 heterocycles. The van der Waals surface area contributed by atoms with Gasteiger partial charge in [0.2, 0.25) is 0 Å². The van der Waals surface area contributed by atoms with Crippen LogP contribution in [-0.2, 0) is 0 Å². The molecule has 0 saturated heterocycles. The minimum absolute atomic E-state index is 0.120. The summed E-state index contributed by atoms with van der Waals surface area (Å²) in [7, 11) is 0. The van der Waals surface area contributed by atoms with E-state index in [-0.39, 0.29) is 5.69 Å². The first kappa shape index (κ1) is 18.6. The second-order valence-electron chi connectivity index (χ2n) is 5.88. The minimum Gasteiger partial charge on any atom is -0.322 e. The number of nitrogens with one attached hydrogen (secondary N) is 1. The molecule has 1 aliphatic carbocycles. The molecule has 0 spiro atoms. The van der Waals surface area contributed by atoms with E-state index in [4.69, 9.17) is 0 Å². The van der Waals surface area contributed by atoms with E-state index < -0.39 is 23.4 Å². The summed E-state index contributed by atoms with van der Waals surface area (Å²) in [6.45, 7) is 0. The lowest BCUT2D eigenvalue weighted by atomic mass is 10.2. The van der Waals surface area contributed by atoms with Crippen molar-refractivity contribution < 1.29 is 18.0 Å². The molecule has 1 saturated carbocycles. The molecule has 1 aliphatic rings. The summed E-state index contributed by atoms with van der Waals surface area (Å²) < 4.78 is 40.6. The molecule has 0 aliphatic heterocycles. The summed E-state index contributed by atoms with van der Waals surface area (Å²) in [5.74, 6) is -4.72. The number of rotatable bonds is 4. The van der Waals surface area contributed by atoms with Crippen LogP contribution < -0.4 is 5.32 Å². The summed E-state index contributed by atoms with van der Waals surface area (Å²) in [5, 5.41) is 2.97. The second-order valence-corrected chi connectivity index (χ2v) is 8.38. The average molecular weight is 477 g/mol. The molecule has 1 N–H and O–H groups in total. The molecule has 0 radical (unpaired) electrons. The fraction of sp³-hybridized carbons (Fsp3) is 0.278. The third-order valence-corrected chi connectivity index (χ3v) is 6.73. The number of halogens is 4. The molecule has 2 aromatic rings. The van der Waals surface area contributed by atoms with Gasteiger partial charge in [-0.15, -0.1) is 11.8 Å². The first-order valence-corrected chi connectivity index (χ1v) is 9.82. The van der Waals surface area contributed by atoms with E-state index in [2.05, 4.69) is 27.9 Å². The lowest BCUT2D eigenvalue weighted by Gasteiger charge is -2.12. The van der Waals surface area contributed by atoms with Gasteiger partial charge in [0.1, 0.15) is 0 Å². The number of carbonyl (C=O) groups excluding carboxylic acids is 1. The van der Waals surface area contributed by atoms with Gasteiger partial charge >= 0.3 is 0 Å². The van der Waals surface area contributed by atoms with Gasteiger partial charge in [-0.1, -0.05) is 12.8 Å². The Bertz CT molecular complexity index is 786. The highest BCUT2D eigenvalue weighted by Gasteiger charge is 2.19. The molecular weight excluding hydrogens is 462 g/mol. The first-order valence-electron chi connectivity index (χ1n) is 7.86. The van der Waals surface area contributed by atoms with E-state index in [1.165, 1.54) is 25.7 Å². The fourth-order valence-corrected chi connectivity index (χ4v) is 4.77. The maximum absolute atomic E-state index is 13.3. The molecule has 1 fully saturated rings. The Morgan fingerprint density at radius 3 is 2.36 bits per heavy atom. The number of anilines is 1. The Kier molecular flexibility index (Phi) is 5.93. The van der Waals surface area contributed by atoms with Crippen LogP contribution in [0.2, 0.25) is 0 Å². The van der Waals surface area contributed by atoms with Gasteiger partial charge in [-0.25, -0.2) is 13.2 Å². The monoisotopic (exact) mass is 477 g/mol. The van der Waals surface area contributed by atoms with Gasteiger partial charge in [0.25, 0.3) is 5.91 Å². The van der Waals surface area contributed by atoms with Gasteiger partial charge in [0.05, 0.1) is 0 Å². The maximum atomic E-state index is 13.3. The van der Waals surface area contributed by atoms with E-state index in [1.807, 2.05) is 6.07 Å². The zero-order chi connectivity index (χ0) is 18.0. The third-order valence-electron chi connectivity index (χ3n) is 4.03. The van der Waals surface area contributed by atoms with Crippen molar-refractivity contribution in [2.45, 2.75) is 35.8 Å². The molecule has 132 valence electrons. The van der Waals surface area contributed by atoms with Crippen LogP contribution in [0.25, 0.3) is 0 Å². The van der Waals surface area contributed by atoms with Gasteiger partial charge in [-0.2, -0.15) is 0 Å². The van der Waals surface area contributed by atoms with Crippen LogP contribution in [0.3, 0.4) is 0 Å². The van der Waals surface area contributed by atoms with Crippen molar-refractivity contribution in [3.63, 3.8) is 0 Å². The summed E-state index contributed by atoms with van der Waals surface area (Å²) in [5.41, 5.74) is 0.274. The Balaban J connectivity index is 1.77. The van der Waals surface area contributed by atoms with Crippen molar-refractivity contribution in [1.82, 2.24) is 0 Å². The van der Waals surface area contributed by atoms with Crippen molar-refractivity contribution in [1.29, 1.82) is 0 Å². The summed E-state index contributed by atoms with van der Waals surface area (Å²) in [6, 6.07) is 6.81. The van der Waals surface area contributed by atoms with Crippen LogP contribution in [0.15, 0.2) is 35.2 Å². The Hall–Kier alpha value is -1.22. The van der Waals surface area contributed by atoms with Crippen molar-refractivity contribution in [2.75, 3.05) is 5.32 Å². The highest BCUT2D eigenvalue weighted by Crippen LogP contribution is 2.37. The van der Waals surface area contributed by atoms with Crippen LogP contribution in [0.5, 0.6) is 0 Å². The molecule has 2 aromatic carbocycles. The number of benzene rings is 2. The fourth-order valence-electron chi connectivity index (χ4n) is 2.75. The van der Waals surface area contributed by atoms with E-state index in [9.17, 15) is 18.0 Å². The summed E-state index contributed by atoms with van der Waals surface area (Å²) in [6.07, 6.45) is 4.81. The van der Waals surface area contributed by atoms with Gasteiger partial charge in [0, 0.05) is 37.1 Å². The predicted molar refractivity (Wildman–Crippen MR) is 102 cm³/mol. The normalized spacial score (nSPS) is 14.7. The van der Waals surface area contributed by atoms with Crippen LogP contribution >= 0.6 is 34.4 Å². The number of thioether (sulfide) groups is 1. The van der Waals surface area contributed by atoms with Crippen molar-refractivity contribution in [3.05, 3.63) is 56.9 Å². The molecule has 7 heteroatoms. The Morgan fingerprint density at radius 1 is 1.08 bits per heavy atom. The molecule has 3 rings (SSSR count). The number of carbonyl (C=O) groups is 1. The van der Waals surface area contributed by atoms with Gasteiger partial charge < -0.3 is 5.32 Å². The van der Waals surface area contributed by atoms with Gasteiger partial charge in [-0.05, 0) is 53.6 Å². The van der Waals surface area contributed by atoms with E-state index >= 15 is 0 Å². The van der Waals surface area contributed by atoms with Crippen molar-refractivity contribution in [3.8, 4) is 0 Å². The number of hydrogen-bond acceptors (Lipinski definition) is 2. The van der Waals surface area contributed by atoms with Crippen LogP contribution in [0, 0.1) is 21.0 Å². The molecule has 0 atom stereocenters. The molecule has 2 nitrogen and oxygen atoms in total. The van der Waals surface area contributed by atoms with E-state index in [0.717, 1.165) is 20.6 Å². The summed E-state index contributed by atoms with van der Waals surface area (Å²) in [4.78, 5) is 13.4. The van der Waals surface area contributed by atoms with Gasteiger partial charge in [-0.3, -0.25) is 4.79 Å². The van der Waals surface area contributed by atoms with Crippen LogP contribution in [0.1, 0.15) is 36.0 Å². The Labute approximate surface area is 161 Å². The Morgan fingerprint density at radius 2 is 1.72 bits per heavy atom. The number of amides is 1. The van der Waals surface area contributed by atoms with Crippen LogP contribution in [0.4, 0.5) is 18.9 Å². The molecule has 0 bridgehead atoms. The predicted octanol–water partition coefficient (Wildman–Crippen LogP) is 6.00. The quantitative estimate of drug-likeness (QED) is 0.433. The topological polar surface area (TPSA) is 29.1 Å². The van der Waals surface area contributed by atoms with E-state index in [1.54, 1.807) is 23.9 Å². The number of hydrogen-bond donors (Lipinski definition) is 1. The molecule has 0 aromatic heterocycles. The first-order chi connectivity index (χ1) is 11.9. The maximum Gasteiger partial charge on any atom is 0.255 e. The lowest BCUT2D eigenvalue weighted by Crippen LogP contribution is -2.13. The van der Waals surface area contributed by atoms with Crippen molar-refractivity contribution >= 4 is 45.9 Å². The van der Waals surface area contributed by atoms with Crippen LogP contribution in [-0.4, -0.2) is 11.2 Å². The standard InChI is InChI=1S/C18H15F3INOS/c19-13-8-11(9-14(20)17(13)21)23-18(24)10-5-6-15(22)16(7-10)25-12-3-1-2-4-12/h5-9,12H,1-4H2,(H,23,24). The zero-order valence-corrected chi connectivity index (χ0v) is 16.1.